The lowest BCUT2D eigenvalue weighted by molar-refractivity contribution is -0.134. The van der Waals surface area contributed by atoms with Crippen molar-refractivity contribution in [2.24, 2.45) is 16.6 Å². The number of hydrogen-bond acceptors (Lipinski definition) is 1. The highest BCUT2D eigenvalue weighted by Crippen LogP contribution is 2.43. The van der Waals surface area contributed by atoms with Gasteiger partial charge in [0, 0.05) is 0 Å². The van der Waals surface area contributed by atoms with E-state index in [-0.39, 0.29) is 16.7 Å². The molecule has 0 bridgehead atoms. The van der Waals surface area contributed by atoms with E-state index in [1.165, 1.54) is 0 Å². The molecule has 2 N–H and O–H groups in total. The van der Waals surface area contributed by atoms with E-state index in [9.17, 15) is 4.79 Å². The first kappa shape index (κ1) is 11.5. The summed E-state index contributed by atoms with van der Waals surface area (Å²) in [5, 5.41) is 0. The zero-order valence-electron chi connectivity index (χ0n) is 8.90. The quantitative estimate of drug-likeness (QED) is 0.695. The maximum absolute atomic E-state index is 11.4. The number of amides is 1. The molecule has 0 saturated heterocycles. The van der Waals surface area contributed by atoms with E-state index in [2.05, 4.69) is 20.8 Å². The normalized spacial score (nSPS) is 13.1. The number of carbonyl (C=O) groups is 1. The first-order valence-electron chi connectivity index (χ1n) is 4.61. The molecule has 2 nitrogen and oxygen atoms in total. The van der Waals surface area contributed by atoms with Gasteiger partial charge >= 0.3 is 0 Å². The summed E-state index contributed by atoms with van der Waals surface area (Å²) in [5.41, 5.74) is 5.06. The van der Waals surface area contributed by atoms with Gasteiger partial charge in [-0.05, 0) is 18.3 Å². The second-order valence-corrected chi connectivity index (χ2v) is 4.40. The zero-order valence-corrected chi connectivity index (χ0v) is 8.90. The molecule has 0 aliphatic rings. The van der Waals surface area contributed by atoms with Crippen LogP contribution in [-0.2, 0) is 4.79 Å². The largest absolute Gasteiger partial charge is 0.369 e. The molecule has 0 atom stereocenters. The van der Waals surface area contributed by atoms with Crippen LogP contribution < -0.4 is 5.73 Å². The Morgan fingerprint density at radius 1 is 1.17 bits per heavy atom. The van der Waals surface area contributed by atoms with Crippen LogP contribution in [0.15, 0.2) is 0 Å². The fraction of sp³-hybridized carbons (Fsp3) is 0.900. The zero-order chi connectivity index (χ0) is 9.99. The van der Waals surface area contributed by atoms with Gasteiger partial charge in [-0.1, -0.05) is 34.6 Å². The van der Waals surface area contributed by atoms with Crippen LogP contribution in [0.3, 0.4) is 0 Å². The van der Waals surface area contributed by atoms with E-state index >= 15 is 0 Å². The van der Waals surface area contributed by atoms with Crippen molar-refractivity contribution in [2.75, 3.05) is 0 Å². The van der Waals surface area contributed by atoms with Crippen molar-refractivity contribution in [3.63, 3.8) is 0 Å². The maximum atomic E-state index is 11.4. The van der Waals surface area contributed by atoms with E-state index in [1.807, 2.05) is 13.8 Å². The Hall–Kier alpha value is -0.530. The molecule has 0 spiro atoms. The van der Waals surface area contributed by atoms with Crippen LogP contribution in [0.5, 0.6) is 0 Å². The average Bonchev–Trinajstić information content (AvgIpc) is 1.87. The molecule has 0 rings (SSSR count). The van der Waals surface area contributed by atoms with Crippen molar-refractivity contribution < 1.29 is 4.79 Å². The predicted octanol–water partition coefficient (Wildman–Crippen LogP) is 2.32. The van der Waals surface area contributed by atoms with E-state index < -0.39 is 0 Å². The minimum Gasteiger partial charge on any atom is -0.369 e. The smallest absolute Gasteiger partial charge is 0.224 e. The van der Waals surface area contributed by atoms with Gasteiger partial charge < -0.3 is 5.73 Å². The summed E-state index contributed by atoms with van der Waals surface area (Å²) in [7, 11) is 0. The molecule has 0 saturated carbocycles. The molecule has 0 aliphatic heterocycles. The molecule has 0 aromatic carbocycles. The van der Waals surface area contributed by atoms with Crippen molar-refractivity contribution >= 4 is 5.91 Å². The lowest BCUT2D eigenvalue weighted by atomic mass is 9.63. The van der Waals surface area contributed by atoms with Crippen LogP contribution in [0.2, 0.25) is 0 Å². The van der Waals surface area contributed by atoms with E-state index in [0.717, 1.165) is 12.8 Å². The van der Waals surface area contributed by atoms with Crippen LogP contribution in [0.25, 0.3) is 0 Å². The molecular formula is C10H21NO. The highest BCUT2D eigenvalue weighted by molar-refractivity contribution is 5.81. The summed E-state index contributed by atoms with van der Waals surface area (Å²) < 4.78 is 0. The van der Waals surface area contributed by atoms with Gasteiger partial charge in [-0.15, -0.1) is 0 Å². The van der Waals surface area contributed by atoms with Gasteiger partial charge in [-0.2, -0.15) is 0 Å². The molecule has 1 amide bonds. The Kier molecular flexibility index (Phi) is 3.31. The first-order chi connectivity index (χ1) is 5.31. The molecule has 0 aromatic rings. The van der Waals surface area contributed by atoms with Crippen molar-refractivity contribution in [3.8, 4) is 0 Å². The molecule has 0 fully saturated rings. The van der Waals surface area contributed by atoms with Crippen LogP contribution in [0, 0.1) is 10.8 Å². The predicted molar refractivity (Wildman–Crippen MR) is 51.7 cm³/mol. The second-order valence-electron chi connectivity index (χ2n) is 4.40. The molecule has 2 heteroatoms. The van der Waals surface area contributed by atoms with Crippen LogP contribution in [0.4, 0.5) is 0 Å². The van der Waals surface area contributed by atoms with E-state index in [1.54, 1.807) is 0 Å². The highest BCUT2D eigenvalue weighted by Gasteiger charge is 2.43. The summed E-state index contributed by atoms with van der Waals surface area (Å²) in [6.07, 6.45) is 1.64. The van der Waals surface area contributed by atoms with Gasteiger partial charge in [-0.25, -0.2) is 0 Å². The summed E-state index contributed by atoms with van der Waals surface area (Å²) in [5.74, 6) is -0.167. The monoisotopic (exact) mass is 171 g/mol. The molecule has 0 aromatic heterocycles. The fourth-order valence-corrected chi connectivity index (χ4v) is 2.03. The maximum Gasteiger partial charge on any atom is 0.224 e. The number of primary amides is 1. The van der Waals surface area contributed by atoms with Gasteiger partial charge in [0.25, 0.3) is 0 Å². The molecule has 12 heavy (non-hydrogen) atoms. The third kappa shape index (κ3) is 1.62. The van der Waals surface area contributed by atoms with Crippen molar-refractivity contribution in [1.82, 2.24) is 0 Å². The molecule has 0 heterocycles. The van der Waals surface area contributed by atoms with Gasteiger partial charge in [0.15, 0.2) is 0 Å². The first-order valence-corrected chi connectivity index (χ1v) is 4.61. The van der Waals surface area contributed by atoms with Crippen LogP contribution in [-0.4, -0.2) is 5.91 Å². The Balaban J connectivity index is 4.97. The van der Waals surface area contributed by atoms with E-state index in [0.29, 0.717) is 0 Å². The van der Waals surface area contributed by atoms with E-state index in [4.69, 9.17) is 5.73 Å². The number of nitrogens with two attached hydrogens (primary N) is 1. The Labute approximate surface area is 75.5 Å². The number of hydrogen-bond donors (Lipinski definition) is 1. The average molecular weight is 171 g/mol. The lowest BCUT2D eigenvalue weighted by Crippen LogP contribution is -2.46. The Bertz CT molecular complexity index is 163. The summed E-state index contributed by atoms with van der Waals surface area (Å²) in [4.78, 5) is 11.4. The molecular weight excluding hydrogens is 150 g/mol. The van der Waals surface area contributed by atoms with Gasteiger partial charge in [0.1, 0.15) is 0 Å². The van der Waals surface area contributed by atoms with Crippen molar-refractivity contribution in [1.29, 1.82) is 0 Å². The molecule has 0 aliphatic carbocycles. The Morgan fingerprint density at radius 3 is 1.50 bits per heavy atom. The van der Waals surface area contributed by atoms with Gasteiger partial charge in [0.2, 0.25) is 5.91 Å². The lowest BCUT2D eigenvalue weighted by Gasteiger charge is -2.41. The summed E-state index contributed by atoms with van der Waals surface area (Å²) >= 11 is 0. The SMILES string of the molecule is CCC(CC)(C(N)=O)C(C)(C)C. The third-order valence-corrected chi connectivity index (χ3v) is 3.11. The minimum absolute atomic E-state index is 0.0394. The third-order valence-electron chi connectivity index (χ3n) is 3.11. The molecule has 72 valence electrons. The van der Waals surface area contributed by atoms with Crippen molar-refractivity contribution in [3.05, 3.63) is 0 Å². The van der Waals surface area contributed by atoms with Crippen molar-refractivity contribution in [2.45, 2.75) is 47.5 Å². The topological polar surface area (TPSA) is 43.1 Å². The summed E-state index contributed by atoms with van der Waals surface area (Å²) in [6.45, 7) is 10.3. The fourth-order valence-electron chi connectivity index (χ4n) is 2.03. The van der Waals surface area contributed by atoms with Crippen LogP contribution >= 0.6 is 0 Å². The second kappa shape index (κ2) is 3.46. The van der Waals surface area contributed by atoms with Gasteiger partial charge in [-0.3, -0.25) is 4.79 Å². The van der Waals surface area contributed by atoms with Crippen LogP contribution in [0.1, 0.15) is 47.5 Å². The molecule has 0 radical (unpaired) electrons. The minimum atomic E-state index is -0.340. The number of carbonyl (C=O) groups excluding carboxylic acids is 1. The standard InChI is InChI=1S/C10H21NO/c1-6-10(7-2,8(11)12)9(3,4)5/h6-7H2,1-5H3,(H2,11,12). The van der Waals surface area contributed by atoms with Gasteiger partial charge in [0.05, 0.1) is 5.41 Å². The molecule has 0 unspecified atom stereocenters. The Morgan fingerprint density at radius 2 is 1.50 bits per heavy atom. The number of rotatable bonds is 3. The summed E-state index contributed by atoms with van der Waals surface area (Å²) in [6, 6.07) is 0. The highest BCUT2D eigenvalue weighted by atomic mass is 16.1.